The van der Waals surface area contributed by atoms with Gasteiger partial charge >= 0.3 is 7.60 Å². The Morgan fingerprint density at radius 2 is 1.71 bits per heavy atom. The highest BCUT2D eigenvalue weighted by atomic mass is 32.2. The van der Waals surface area contributed by atoms with Gasteiger partial charge in [0, 0.05) is 12.6 Å². The molecule has 1 atom stereocenters. The van der Waals surface area contributed by atoms with Gasteiger partial charge in [0.05, 0.1) is 23.4 Å². The minimum absolute atomic E-state index is 0.00859. The van der Waals surface area contributed by atoms with Crippen LogP contribution in [0.4, 0.5) is 0 Å². The molecule has 0 saturated heterocycles. The predicted molar refractivity (Wildman–Crippen MR) is 93.5 cm³/mol. The first-order chi connectivity index (χ1) is 11.2. The van der Waals surface area contributed by atoms with Gasteiger partial charge in [-0.25, -0.2) is 8.42 Å². The summed E-state index contributed by atoms with van der Waals surface area (Å²) in [5.74, 6) is 0. The minimum Gasteiger partial charge on any atom is -0.306 e. The lowest BCUT2D eigenvalue weighted by Crippen LogP contribution is -2.34. The van der Waals surface area contributed by atoms with E-state index in [9.17, 15) is 13.0 Å². The third-order valence-electron chi connectivity index (χ3n) is 3.78. The van der Waals surface area contributed by atoms with E-state index in [1.54, 1.807) is 51.1 Å². The zero-order chi connectivity index (χ0) is 18.0. The molecule has 0 aromatic heterocycles. The Morgan fingerprint density at radius 3 is 2.21 bits per heavy atom. The van der Waals surface area contributed by atoms with Gasteiger partial charge in [0.1, 0.15) is 0 Å². The summed E-state index contributed by atoms with van der Waals surface area (Å²) in [6, 6.07) is 6.26. The average Bonchev–Trinajstić information content (AvgIpc) is 2.92. The van der Waals surface area contributed by atoms with Gasteiger partial charge in [0.2, 0.25) is 10.0 Å². The molecule has 0 spiro atoms. The lowest BCUT2D eigenvalue weighted by atomic mass is 10.2. The van der Waals surface area contributed by atoms with E-state index in [1.807, 2.05) is 6.92 Å². The number of nitrogens with zero attached hydrogens (tertiary/aromatic N) is 1. The fourth-order valence-corrected chi connectivity index (χ4v) is 6.05. The van der Waals surface area contributed by atoms with Crippen LogP contribution in [0.1, 0.15) is 26.3 Å². The van der Waals surface area contributed by atoms with E-state index in [1.165, 1.54) is 4.31 Å². The Morgan fingerprint density at radius 1 is 1.17 bits per heavy atom. The third kappa shape index (κ3) is 3.81. The summed E-state index contributed by atoms with van der Waals surface area (Å²) < 4.78 is 50.6. The third-order valence-corrected chi connectivity index (χ3v) is 7.92. The van der Waals surface area contributed by atoms with Crippen molar-refractivity contribution in [2.75, 3.05) is 19.8 Å². The van der Waals surface area contributed by atoms with Crippen molar-refractivity contribution in [1.29, 1.82) is 0 Å². The van der Waals surface area contributed by atoms with E-state index in [0.29, 0.717) is 5.31 Å². The first-order valence-corrected chi connectivity index (χ1v) is 10.9. The Balaban J connectivity index is 2.30. The molecule has 0 aliphatic carbocycles. The van der Waals surface area contributed by atoms with Crippen molar-refractivity contribution in [3.8, 4) is 0 Å². The lowest BCUT2D eigenvalue weighted by molar-refractivity contribution is 0.225. The van der Waals surface area contributed by atoms with Gasteiger partial charge < -0.3 is 9.05 Å². The highest BCUT2D eigenvalue weighted by molar-refractivity contribution is 7.89. The molecule has 8 heteroatoms. The molecule has 0 amide bonds. The molecular weight excluding hydrogens is 349 g/mol. The zero-order valence-electron chi connectivity index (χ0n) is 14.4. The van der Waals surface area contributed by atoms with E-state index >= 15 is 0 Å². The molecule has 1 aliphatic heterocycles. The fourth-order valence-electron chi connectivity index (χ4n) is 2.59. The molecule has 1 heterocycles. The molecule has 0 N–H and O–H groups in total. The van der Waals surface area contributed by atoms with Crippen LogP contribution in [0.15, 0.2) is 40.6 Å². The van der Waals surface area contributed by atoms with E-state index in [4.69, 9.17) is 9.05 Å². The number of hydrogen-bond donors (Lipinski definition) is 0. The van der Waals surface area contributed by atoms with Crippen molar-refractivity contribution in [2.45, 2.75) is 38.6 Å². The maximum Gasteiger partial charge on any atom is 0.358 e. The molecule has 0 fully saturated rings. The second-order valence-electron chi connectivity index (χ2n) is 5.59. The lowest BCUT2D eigenvalue weighted by Gasteiger charge is -2.23. The molecule has 0 bridgehead atoms. The maximum absolute atomic E-state index is 12.9. The van der Waals surface area contributed by atoms with Gasteiger partial charge in [-0.05, 0) is 39.8 Å². The Labute approximate surface area is 144 Å². The molecule has 1 aliphatic rings. The summed E-state index contributed by atoms with van der Waals surface area (Å²) >= 11 is 0. The van der Waals surface area contributed by atoms with Crippen molar-refractivity contribution in [1.82, 2.24) is 4.31 Å². The average molecular weight is 373 g/mol. The number of benzene rings is 1. The molecule has 1 aromatic carbocycles. The first-order valence-electron chi connectivity index (χ1n) is 7.93. The van der Waals surface area contributed by atoms with Crippen molar-refractivity contribution in [2.24, 2.45) is 0 Å². The molecule has 1 aromatic rings. The Hall–Kier alpha value is -0.980. The van der Waals surface area contributed by atoms with Crippen LogP contribution in [0.5, 0.6) is 0 Å². The van der Waals surface area contributed by atoms with Gasteiger partial charge in [-0.15, -0.1) is 0 Å². The van der Waals surface area contributed by atoms with Crippen LogP contribution in [-0.4, -0.2) is 38.5 Å². The molecule has 6 nitrogen and oxygen atoms in total. The zero-order valence-corrected chi connectivity index (χ0v) is 16.1. The van der Waals surface area contributed by atoms with Crippen molar-refractivity contribution in [3.05, 3.63) is 41.2 Å². The maximum atomic E-state index is 12.9. The van der Waals surface area contributed by atoms with Crippen LogP contribution in [0.25, 0.3) is 0 Å². The molecule has 1 unspecified atom stereocenters. The molecule has 134 valence electrons. The van der Waals surface area contributed by atoms with Gasteiger partial charge in [-0.2, -0.15) is 4.31 Å². The molecule has 24 heavy (non-hydrogen) atoms. The van der Waals surface area contributed by atoms with Crippen LogP contribution in [0, 0.1) is 6.92 Å². The fraction of sp³-hybridized carbons (Fsp3) is 0.500. The topological polar surface area (TPSA) is 72.9 Å². The van der Waals surface area contributed by atoms with Gasteiger partial charge in [0.25, 0.3) is 0 Å². The quantitative estimate of drug-likeness (QED) is 0.684. The second kappa shape index (κ2) is 7.50. The van der Waals surface area contributed by atoms with Crippen molar-refractivity contribution in [3.63, 3.8) is 0 Å². The number of rotatable bonds is 7. The van der Waals surface area contributed by atoms with Crippen LogP contribution >= 0.6 is 7.60 Å². The van der Waals surface area contributed by atoms with Crippen molar-refractivity contribution < 1.29 is 22.0 Å². The molecular formula is C16H24NO5PS. The molecule has 2 rings (SSSR count). The van der Waals surface area contributed by atoms with E-state index in [-0.39, 0.29) is 24.7 Å². The number of sulfonamides is 1. The van der Waals surface area contributed by atoms with Crippen LogP contribution < -0.4 is 0 Å². The number of hydrogen-bond acceptors (Lipinski definition) is 5. The molecule has 0 radical (unpaired) electrons. The van der Waals surface area contributed by atoms with Gasteiger partial charge in [0.15, 0.2) is 0 Å². The highest BCUT2D eigenvalue weighted by Gasteiger charge is 2.41. The summed E-state index contributed by atoms with van der Waals surface area (Å²) in [4.78, 5) is 0.220. The van der Waals surface area contributed by atoms with Crippen LogP contribution in [-0.2, 0) is 23.6 Å². The smallest absolute Gasteiger partial charge is 0.306 e. The van der Waals surface area contributed by atoms with E-state index < -0.39 is 23.7 Å². The van der Waals surface area contributed by atoms with E-state index in [2.05, 4.69) is 0 Å². The standard InChI is InChI=1S/C16H24NO5PS/c1-5-21-23(18,22-6-2)15-11-14(4)17(12-15)24(19,20)16-9-7-13(3)8-10-16/h7-11,14H,5-6,12H2,1-4H3. The highest BCUT2D eigenvalue weighted by Crippen LogP contribution is 2.58. The summed E-state index contributed by atoms with van der Waals surface area (Å²) in [5, 5.41) is 0.398. The van der Waals surface area contributed by atoms with Gasteiger partial charge in [-0.1, -0.05) is 23.8 Å². The predicted octanol–water partition coefficient (Wildman–Crippen LogP) is 3.54. The largest absolute Gasteiger partial charge is 0.358 e. The van der Waals surface area contributed by atoms with Crippen LogP contribution in [0.3, 0.4) is 0 Å². The summed E-state index contributed by atoms with van der Waals surface area (Å²) in [7, 11) is -7.13. The minimum atomic E-state index is -3.68. The second-order valence-corrected chi connectivity index (χ2v) is 9.57. The Bertz CT molecular complexity index is 747. The summed E-state index contributed by atoms with van der Waals surface area (Å²) in [5.41, 5.74) is 0.986. The number of aryl methyl sites for hydroxylation is 1. The molecule has 0 saturated carbocycles. The van der Waals surface area contributed by atoms with Crippen molar-refractivity contribution >= 4 is 17.6 Å². The van der Waals surface area contributed by atoms with E-state index in [0.717, 1.165) is 5.56 Å². The normalized spacial score (nSPS) is 19.5. The monoisotopic (exact) mass is 373 g/mol. The van der Waals surface area contributed by atoms with Crippen LogP contribution in [0.2, 0.25) is 0 Å². The van der Waals surface area contributed by atoms with Gasteiger partial charge in [-0.3, -0.25) is 4.57 Å². The summed E-state index contributed by atoms with van der Waals surface area (Å²) in [6.45, 7) is 7.57. The first kappa shape index (κ1) is 19.3. The SMILES string of the molecule is CCOP(=O)(OCC)C1=CC(C)N(S(=O)(=O)c2ccc(C)cc2)C1. The summed E-state index contributed by atoms with van der Waals surface area (Å²) in [6.07, 6.45) is 1.66. The Kier molecular flexibility index (Phi) is 6.04.